The number of hydrogen-bond donors (Lipinski definition) is 0. The summed E-state index contributed by atoms with van der Waals surface area (Å²) in [7, 11) is 4.01. The maximum atomic E-state index is 13.3. The standard InChI is InChI=1S/C27H50N4O2/c1-5-15-30-17-9-23(10-18-30)28(3)25(32)21-27(13-7-8-14-27)22-26(33)29(4)24-11-19-31(16-6-2)20-12-24/h23-24H,5-22H2,1-4H3. The molecule has 0 radical (unpaired) electrons. The second-order valence-electron chi connectivity index (χ2n) is 11.2. The van der Waals surface area contributed by atoms with Crippen molar-refractivity contribution in [2.75, 3.05) is 53.4 Å². The molecule has 0 aromatic heterocycles. The number of carbonyl (C=O) groups is 2. The molecule has 0 spiro atoms. The van der Waals surface area contributed by atoms with Crippen LogP contribution in [0.1, 0.15) is 90.9 Å². The minimum atomic E-state index is -0.123. The van der Waals surface area contributed by atoms with E-state index in [0.29, 0.717) is 24.9 Å². The Hall–Kier alpha value is -1.14. The molecule has 0 aromatic rings. The number of likely N-dealkylation sites (tertiary alicyclic amines) is 2. The highest BCUT2D eigenvalue weighted by molar-refractivity contribution is 5.80. The molecule has 3 fully saturated rings. The van der Waals surface area contributed by atoms with Gasteiger partial charge in [0, 0.05) is 65.2 Å². The molecule has 3 aliphatic rings. The van der Waals surface area contributed by atoms with Crippen LogP contribution in [-0.4, -0.2) is 96.9 Å². The van der Waals surface area contributed by atoms with Crippen molar-refractivity contribution < 1.29 is 9.59 Å². The van der Waals surface area contributed by atoms with Crippen LogP contribution in [0.5, 0.6) is 0 Å². The zero-order valence-electron chi connectivity index (χ0n) is 22.0. The van der Waals surface area contributed by atoms with Crippen molar-refractivity contribution in [2.45, 2.75) is 103 Å². The lowest BCUT2D eigenvalue weighted by Crippen LogP contribution is -2.48. The highest BCUT2D eigenvalue weighted by Crippen LogP contribution is 2.45. The molecule has 0 aromatic carbocycles. The lowest BCUT2D eigenvalue weighted by molar-refractivity contribution is -0.139. The Morgan fingerprint density at radius 3 is 1.42 bits per heavy atom. The van der Waals surface area contributed by atoms with Gasteiger partial charge in [-0.05, 0) is 69.9 Å². The number of piperidine rings is 2. The van der Waals surface area contributed by atoms with Gasteiger partial charge in [0.1, 0.15) is 0 Å². The van der Waals surface area contributed by atoms with Crippen LogP contribution in [0.25, 0.3) is 0 Å². The Kier molecular flexibility index (Phi) is 10.0. The molecule has 0 unspecified atom stereocenters. The maximum absolute atomic E-state index is 13.3. The van der Waals surface area contributed by atoms with Gasteiger partial charge in [-0.25, -0.2) is 0 Å². The predicted molar refractivity (Wildman–Crippen MR) is 135 cm³/mol. The van der Waals surface area contributed by atoms with Crippen LogP contribution in [0.15, 0.2) is 0 Å². The average molecular weight is 463 g/mol. The monoisotopic (exact) mass is 462 g/mol. The summed E-state index contributed by atoms with van der Waals surface area (Å²) in [4.78, 5) is 35.8. The normalized spacial score (nSPS) is 23.0. The second-order valence-corrected chi connectivity index (χ2v) is 11.2. The van der Waals surface area contributed by atoms with Gasteiger partial charge in [0.15, 0.2) is 0 Å². The summed E-state index contributed by atoms with van der Waals surface area (Å²) in [5, 5.41) is 0. The van der Waals surface area contributed by atoms with Gasteiger partial charge in [0.2, 0.25) is 11.8 Å². The molecule has 0 bridgehead atoms. The van der Waals surface area contributed by atoms with Crippen molar-refractivity contribution in [2.24, 2.45) is 5.41 Å². The van der Waals surface area contributed by atoms with E-state index < -0.39 is 0 Å². The van der Waals surface area contributed by atoms with E-state index in [9.17, 15) is 9.59 Å². The van der Waals surface area contributed by atoms with Crippen LogP contribution in [0.3, 0.4) is 0 Å². The number of carbonyl (C=O) groups excluding carboxylic acids is 2. The van der Waals surface area contributed by atoms with Gasteiger partial charge in [-0.1, -0.05) is 26.7 Å². The number of amides is 2. The maximum Gasteiger partial charge on any atom is 0.223 e. The topological polar surface area (TPSA) is 47.1 Å². The fourth-order valence-electron chi connectivity index (χ4n) is 6.53. The van der Waals surface area contributed by atoms with Crippen LogP contribution < -0.4 is 0 Å². The van der Waals surface area contributed by atoms with E-state index in [0.717, 1.165) is 77.5 Å². The number of hydrogen-bond acceptors (Lipinski definition) is 4. The van der Waals surface area contributed by atoms with E-state index in [-0.39, 0.29) is 17.2 Å². The van der Waals surface area contributed by atoms with Gasteiger partial charge in [0.05, 0.1) is 0 Å². The SMILES string of the molecule is CCCN1CCC(N(C)C(=O)CC2(CC(=O)N(C)C3CCN(CCC)CC3)CCCC2)CC1. The summed E-state index contributed by atoms with van der Waals surface area (Å²) in [6.45, 7) is 11.2. The highest BCUT2D eigenvalue weighted by Gasteiger charge is 2.41. The molecular formula is C27H50N4O2. The minimum absolute atomic E-state index is 0.123. The van der Waals surface area contributed by atoms with Gasteiger partial charge in [-0.2, -0.15) is 0 Å². The first-order chi connectivity index (χ1) is 15.9. The van der Waals surface area contributed by atoms with Crippen molar-refractivity contribution in [3.05, 3.63) is 0 Å². The van der Waals surface area contributed by atoms with Crippen LogP contribution in [0.4, 0.5) is 0 Å². The first-order valence-corrected chi connectivity index (χ1v) is 13.8. The number of rotatable bonds is 10. The average Bonchev–Trinajstić information content (AvgIpc) is 3.27. The summed E-state index contributed by atoms with van der Waals surface area (Å²) in [6.07, 6.45) is 12.2. The smallest absolute Gasteiger partial charge is 0.223 e. The summed E-state index contributed by atoms with van der Waals surface area (Å²) in [5.74, 6) is 0.517. The van der Waals surface area contributed by atoms with Crippen LogP contribution in [0.2, 0.25) is 0 Å². The molecule has 1 aliphatic carbocycles. The van der Waals surface area contributed by atoms with Crippen molar-refractivity contribution in [1.29, 1.82) is 0 Å². The largest absolute Gasteiger partial charge is 0.343 e. The molecule has 6 heteroatoms. The molecule has 2 amide bonds. The van der Waals surface area contributed by atoms with Gasteiger partial charge >= 0.3 is 0 Å². The molecule has 33 heavy (non-hydrogen) atoms. The van der Waals surface area contributed by atoms with E-state index in [1.165, 1.54) is 25.9 Å². The molecule has 0 atom stereocenters. The Morgan fingerprint density at radius 2 is 1.09 bits per heavy atom. The van der Waals surface area contributed by atoms with E-state index in [4.69, 9.17) is 0 Å². The van der Waals surface area contributed by atoms with Gasteiger partial charge in [0.25, 0.3) is 0 Å². The Labute approximate surface area is 203 Å². The minimum Gasteiger partial charge on any atom is -0.343 e. The molecule has 1 saturated carbocycles. The second kappa shape index (κ2) is 12.5. The summed E-state index contributed by atoms with van der Waals surface area (Å²) in [5.41, 5.74) is -0.123. The third-order valence-corrected chi connectivity index (χ3v) is 8.79. The van der Waals surface area contributed by atoms with Crippen LogP contribution in [-0.2, 0) is 9.59 Å². The molecule has 6 nitrogen and oxygen atoms in total. The Balaban J connectivity index is 1.52. The van der Waals surface area contributed by atoms with E-state index in [2.05, 4.69) is 23.6 Å². The van der Waals surface area contributed by atoms with Gasteiger partial charge < -0.3 is 19.6 Å². The van der Waals surface area contributed by atoms with E-state index >= 15 is 0 Å². The third-order valence-electron chi connectivity index (χ3n) is 8.79. The first-order valence-electron chi connectivity index (χ1n) is 13.8. The van der Waals surface area contributed by atoms with E-state index in [1.54, 1.807) is 0 Å². The van der Waals surface area contributed by atoms with Gasteiger partial charge in [-0.3, -0.25) is 9.59 Å². The Morgan fingerprint density at radius 1 is 0.727 bits per heavy atom. The molecule has 2 saturated heterocycles. The predicted octanol–water partition coefficient (Wildman–Crippen LogP) is 3.99. The lowest BCUT2D eigenvalue weighted by atomic mass is 9.78. The summed E-state index contributed by atoms with van der Waals surface area (Å²) in [6, 6.07) is 0.714. The highest BCUT2D eigenvalue weighted by atomic mass is 16.2. The van der Waals surface area contributed by atoms with Gasteiger partial charge in [-0.15, -0.1) is 0 Å². The molecule has 3 rings (SSSR count). The molecule has 2 aliphatic heterocycles. The molecule has 0 N–H and O–H groups in total. The van der Waals surface area contributed by atoms with Crippen LogP contribution >= 0.6 is 0 Å². The lowest BCUT2D eigenvalue weighted by Gasteiger charge is -2.40. The third kappa shape index (κ3) is 7.17. The molecular weight excluding hydrogens is 412 g/mol. The fraction of sp³-hybridized carbons (Fsp3) is 0.926. The summed E-state index contributed by atoms with van der Waals surface area (Å²) >= 11 is 0. The van der Waals surface area contributed by atoms with Crippen LogP contribution in [0, 0.1) is 5.41 Å². The van der Waals surface area contributed by atoms with Crippen molar-refractivity contribution >= 4 is 11.8 Å². The van der Waals surface area contributed by atoms with Crippen molar-refractivity contribution in [1.82, 2.24) is 19.6 Å². The van der Waals surface area contributed by atoms with Crippen molar-refractivity contribution in [3.8, 4) is 0 Å². The summed E-state index contributed by atoms with van der Waals surface area (Å²) < 4.78 is 0. The Bertz CT molecular complexity index is 570. The van der Waals surface area contributed by atoms with Crippen molar-refractivity contribution in [3.63, 3.8) is 0 Å². The number of nitrogens with zero attached hydrogens (tertiary/aromatic N) is 4. The first kappa shape index (κ1) is 26.5. The molecule has 2 heterocycles. The van der Waals surface area contributed by atoms with E-state index in [1.807, 2.05) is 23.9 Å². The quantitative estimate of drug-likeness (QED) is 0.492. The zero-order valence-corrected chi connectivity index (χ0v) is 22.0. The molecule has 190 valence electrons. The zero-order chi connectivity index (χ0) is 23.8. The fourth-order valence-corrected chi connectivity index (χ4v) is 6.53.